The van der Waals surface area contributed by atoms with Crippen molar-refractivity contribution < 1.29 is 4.74 Å². The van der Waals surface area contributed by atoms with Gasteiger partial charge in [0, 0.05) is 12.5 Å². The van der Waals surface area contributed by atoms with Crippen molar-refractivity contribution in [2.75, 3.05) is 13.2 Å². The lowest BCUT2D eigenvalue weighted by atomic mass is 10.0. The molecule has 0 aliphatic rings. The molecule has 0 saturated carbocycles. The largest absolute Gasteiger partial charge is 0.381 e. The van der Waals surface area contributed by atoms with Crippen LogP contribution < -0.4 is 0 Å². The van der Waals surface area contributed by atoms with Crippen molar-refractivity contribution in [3.63, 3.8) is 0 Å². The van der Waals surface area contributed by atoms with E-state index >= 15 is 0 Å². The number of rotatable bonds is 4. The third-order valence-corrected chi connectivity index (χ3v) is 1.94. The first-order valence-corrected chi connectivity index (χ1v) is 4.47. The second-order valence-corrected chi connectivity index (χ2v) is 2.97. The maximum absolute atomic E-state index is 5.35. The van der Waals surface area contributed by atoms with E-state index in [1.807, 2.05) is 13.0 Å². The number of benzene rings is 1. The van der Waals surface area contributed by atoms with Crippen LogP contribution in [-0.4, -0.2) is 13.2 Å². The quantitative estimate of drug-likeness (QED) is 0.665. The van der Waals surface area contributed by atoms with Gasteiger partial charge in [-0.1, -0.05) is 37.3 Å². The highest BCUT2D eigenvalue weighted by Crippen LogP contribution is 2.14. The van der Waals surface area contributed by atoms with Crippen molar-refractivity contribution in [2.45, 2.75) is 19.8 Å². The Balaban J connectivity index is 2.48. The number of hydrogen-bond donors (Lipinski definition) is 0. The zero-order valence-corrected chi connectivity index (χ0v) is 7.79. The van der Waals surface area contributed by atoms with Crippen LogP contribution in [0.1, 0.15) is 25.3 Å². The predicted octanol–water partition coefficient (Wildman–Crippen LogP) is 2.83. The van der Waals surface area contributed by atoms with E-state index in [4.69, 9.17) is 4.74 Å². The fourth-order valence-corrected chi connectivity index (χ4v) is 1.17. The van der Waals surface area contributed by atoms with E-state index in [9.17, 15) is 0 Å². The third kappa shape index (κ3) is 2.67. The zero-order chi connectivity index (χ0) is 8.81. The van der Waals surface area contributed by atoms with E-state index < -0.39 is 0 Å². The van der Waals surface area contributed by atoms with Gasteiger partial charge in [0.2, 0.25) is 0 Å². The first-order valence-electron chi connectivity index (χ1n) is 4.47. The van der Waals surface area contributed by atoms with Gasteiger partial charge in [-0.15, -0.1) is 0 Å². The van der Waals surface area contributed by atoms with Crippen LogP contribution in [0, 0.1) is 0 Å². The molecule has 0 spiro atoms. The summed E-state index contributed by atoms with van der Waals surface area (Å²) in [4.78, 5) is 0. The standard InChI is InChI=1S/C11H16O/c1-3-12-9-10(2)11-7-5-4-6-8-11/h4-8,10H,3,9H2,1-2H3. The Morgan fingerprint density at radius 3 is 2.50 bits per heavy atom. The van der Waals surface area contributed by atoms with E-state index in [-0.39, 0.29) is 0 Å². The summed E-state index contributed by atoms with van der Waals surface area (Å²) in [5.74, 6) is 0.506. The molecule has 1 rings (SSSR count). The van der Waals surface area contributed by atoms with Crippen molar-refractivity contribution in [1.29, 1.82) is 0 Å². The lowest BCUT2D eigenvalue weighted by Gasteiger charge is -2.10. The SMILES string of the molecule is CCOCC(C)c1ccccc1. The van der Waals surface area contributed by atoms with Gasteiger partial charge < -0.3 is 4.74 Å². The third-order valence-electron chi connectivity index (χ3n) is 1.94. The molecular weight excluding hydrogens is 148 g/mol. The minimum absolute atomic E-state index is 0.506. The van der Waals surface area contributed by atoms with E-state index in [2.05, 4.69) is 31.2 Å². The maximum atomic E-state index is 5.35. The monoisotopic (exact) mass is 164 g/mol. The van der Waals surface area contributed by atoms with Gasteiger partial charge in [-0.2, -0.15) is 0 Å². The van der Waals surface area contributed by atoms with Gasteiger partial charge in [0.1, 0.15) is 0 Å². The van der Waals surface area contributed by atoms with Gasteiger partial charge in [-0.25, -0.2) is 0 Å². The van der Waals surface area contributed by atoms with Gasteiger partial charge in [-0.3, -0.25) is 0 Å². The molecule has 0 N–H and O–H groups in total. The molecule has 1 aromatic rings. The summed E-state index contributed by atoms with van der Waals surface area (Å²) in [6.45, 7) is 5.83. The van der Waals surface area contributed by atoms with E-state index in [0.717, 1.165) is 13.2 Å². The first-order chi connectivity index (χ1) is 5.84. The molecule has 1 atom stereocenters. The molecule has 0 saturated heterocycles. The highest BCUT2D eigenvalue weighted by atomic mass is 16.5. The molecular formula is C11H16O. The van der Waals surface area contributed by atoms with Crippen LogP contribution in [-0.2, 0) is 4.74 Å². The minimum Gasteiger partial charge on any atom is -0.381 e. The summed E-state index contributed by atoms with van der Waals surface area (Å²) < 4.78 is 5.35. The van der Waals surface area contributed by atoms with Crippen LogP contribution >= 0.6 is 0 Å². The van der Waals surface area contributed by atoms with Crippen LogP contribution in [0.2, 0.25) is 0 Å². The van der Waals surface area contributed by atoms with Gasteiger partial charge in [-0.05, 0) is 12.5 Å². The molecule has 12 heavy (non-hydrogen) atoms. The number of hydrogen-bond acceptors (Lipinski definition) is 1. The van der Waals surface area contributed by atoms with Crippen LogP contribution in [0.5, 0.6) is 0 Å². The van der Waals surface area contributed by atoms with Crippen LogP contribution in [0.25, 0.3) is 0 Å². The maximum Gasteiger partial charge on any atom is 0.0531 e. The fraction of sp³-hybridized carbons (Fsp3) is 0.455. The summed E-state index contributed by atoms with van der Waals surface area (Å²) in [5, 5.41) is 0. The summed E-state index contributed by atoms with van der Waals surface area (Å²) in [7, 11) is 0. The normalized spacial score (nSPS) is 12.8. The molecule has 0 radical (unpaired) electrons. The lowest BCUT2D eigenvalue weighted by Crippen LogP contribution is -2.03. The van der Waals surface area contributed by atoms with Gasteiger partial charge in [0.05, 0.1) is 6.61 Å². The molecule has 66 valence electrons. The van der Waals surface area contributed by atoms with Crippen molar-refractivity contribution in [1.82, 2.24) is 0 Å². The predicted molar refractivity (Wildman–Crippen MR) is 51.4 cm³/mol. The van der Waals surface area contributed by atoms with Crippen molar-refractivity contribution in [3.8, 4) is 0 Å². The molecule has 1 unspecified atom stereocenters. The molecule has 1 nitrogen and oxygen atoms in total. The van der Waals surface area contributed by atoms with Crippen molar-refractivity contribution in [2.24, 2.45) is 0 Å². The van der Waals surface area contributed by atoms with E-state index in [1.165, 1.54) is 5.56 Å². The second kappa shape index (κ2) is 4.94. The van der Waals surface area contributed by atoms with Crippen molar-refractivity contribution >= 4 is 0 Å². The topological polar surface area (TPSA) is 9.23 Å². The van der Waals surface area contributed by atoms with Gasteiger partial charge >= 0.3 is 0 Å². The average Bonchev–Trinajstić information content (AvgIpc) is 2.15. The van der Waals surface area contributed by atoms with Crippen LogP contribution in [0.4, 0.5) is 0 Å². The van der Waals surface area contributed by atoms with E-state index in [0.29, 0.717) is 5.92 Å². The number of ether oxygens (including phenoxy) is 1. The molecule has 0 aliphatic carbocycles. The summed E-state index contributed by atoms with van der Waals surface area (Å²) in [6.07, 6.45) is 0. The Bertz CT molecular complexity index is 206. The Morgan fingerprint density at radius 1 is 1.25 bits per heavy atom. The van der Waals surface area contributed by atoms with Crippen molar-refractivity contribution in [3.05, 3.63) is 35.9 Å². The van der Waals surface area contributed by atoms with Crippen LogP contribution in [0.3, 0.4) is 0 Å². The summed E-state index contributed by atoms with van der Waals surface area (Å²) >= 11 is 0. The lowest BCUT2D eigenvalue weighted by molar-refractivity contribution is 0.136. The van der Waals surface area contributed by atoms with Gasteiger partial charge in [0.15, 0.2) is 0 Å². The molecule has 0 heterocycles. The molecule has 0 aliphatic heterocycles. The van der Waals surface area contributed by atoms with Crippen LogP contribution in [0.15, 0.2) is 30.3 Å². The Hall–Kier alpha value is -0.820. The molecule has 1 aromatic carbocycles. The molecule has 0 amide bonds. The highest BCUT2D eigenvalue weighted by molar-refractivity contribution is 5.18. The zero-order valence-electron chi connectivity index (χ0n) is 7.79. The first kappa shape index (κ1) is 9.27. The highest BCUT2D eigenvalue weighted by Gasteiger charge is 2.02. The molecule has 0 aromatic heterocycles. The minimum atomic E-state index is 0.506. The van der Waals surface area contributed by atoms with E-state index in [1.54, 1.807) is 0 Å². The molecule has 1 heteroatoms. The second-order valence-electron chi connectivity index (χ2n) is 2.97. The Labute approximate surface area is 74.4 Å². The van der Waals surface area contributed by atoms with Gasteiger partial charge in [0.25, 0.3) is 0 Å². The fourth-order valence-electron chi connectivity index (χ4n) is 1.17. The molecule has 0 bridgehead atoms. The average molecular weight is 164 g/mol. The molecule has 0 fully saturated rings. The Kier molecular flexibility index (Phi) is 3.81. The summed E-state index contributed by atoms with van der Waals surface area (Å²) in [6, 6.07) is 10.5. The summed E-state index contributed by atoms with van der Waals surface area (Å²) in [5.41, 5.74) is 1.35. The smallest absolute Gasteiger partial charge is 0.0531 e. The Morgan fingerprint density at radius 2 is 1.92 bits per heavy atom.